The van der Waals surface area contributed by atoms with Crippen LogP contribution in [0.25, 0.3) is 0 Å². The minimum absolute atomic E-state index is 0.0795. The van der Waals surface area contributed by atoms with Crippen molar-refractivity contribution in [3.8, 4) is 0 Å². The van der Waals surface area contributed by atoms with Crippen LogP contribution in [0.5, 0.6) is 0 Å². The maximum absolute atomic E-state index is 11.5. The lowest BCUT2D eigenvalue weighted by Crippen LogP contribution is -2.58. The summed E-state index contributed by atoms with van der Waals surface area (Å²) in [5.74, 6) is 2.19. The summed E-state index contributed by atoms with van der Waals surface area (Å²) in [5.41, 5.74) is 0.188. The molecule has 0 saturated heterocycles. The summed E-state index contributed by atoms with van der Waals surface area (Å²) in [6, 6.07) is 0. The lowest BCUT2D eigenvalue weighted by molar-refractivity contribution is -0.306. The van der Waals surface area contributed by atoms with Gasteiger partial charge < -0.3 is 20.1 Å². The number of carboxylic acid groups (broad SMARTS) is 1. The number of aliphatic carboxylic acids is 1. The Balaban J connectivity index is 1.56. The van der Waals surface area contributed by atoms with E-state index in [0.717, 1.165) is 32.1 Å². The number of fused-ring (bicyclic) bond motifs is 5. The average Bonchev–Trinajstić information content (AvgIpc) is 3.00. The van der Waals surface area contributed by atoms with Crippen LogP contribution in [0, 0.1) is 46.3 Å². The van der Waals surface area contributed by atoms with Crippen molar-refractivity contribution in [1.29, 1.82) is 0 Å². The lowest BCUT2D eigenvalue weighted by Gasteiger charge is -2.62. The van der Waals surface area contributed by atoms with Gasteiger partial charge in [0, 0.05) is 5.97 Å². The summed E-state index contributed by atoms with van der Waals surface area (Å²) in [6.07, 6.45) is 8.98. The lowest BCUT2D eigenvalue weighted by atomic mass is 9.43. The Morgan fingerprint density at radius 2 is 1.82 bits per heavy atom. The fourth-order valence-electron chi connectivity index (χ4n) is 8.71. The topological polar surface area (TPSA) is 80.6 Å². The van der Waals surface area contributed by atoms with Crippen molar-refractivity contribution in [2.24, 2.45) is 46.3 Å². The highest BCUT2D eigenvalue weighted by Crippen LogP contribution is 2.68. The van der Waals surface area contributed by atoms with Gasteiger partial charge >= 0.3 is 0 Å². The molecule has 160 valence electrons. The molecular weight excluding hydrogens is 352 g/mol. The molecule has 28 heavy (non-hydrogen) atoms. The molecule has 10 atom stereocenters. The standard InChI is InChI=1S/C24H40O4/c1-14(4-9-22(27)28)18-7-8-19-17-6-5-15-12-16(25)10-11-23(15,2)20(17)13-21(26)24(18,19)3/h14-21,25-26H,4-13H2,1-3H3,(H,27,28)/p-1/t14?,15-,16-,17+,18-,19+,20+,21+,23+,24-/m1/s1. The first-order chi connectivity index (χ1) is 13.2. The van der Waals surface area contributed by atoms with E-state index in [9.17, 15) is 20.1 Å². The molecule has 0 amide bonds. The quantitative estimate of drug-likeness (QED) is 0.771. The second-order valence-electron chi connectivity index (χ2n) is 11.3. The molecule has 4 aliphatic carbocycles. The molecule has 4 aliphatic rings. The van der Waals surface area contributed by atoms with E-state index in [1.165, 1.54) is 19.3 Å². The zero-order valence-corrected chi connectivity index (χ0v) is 17.9. The van der Waals surface area contributed by atoms with E-state index in [-0.39, 0.29) is 29.5 Å². The first-order valence-electron chi connectivity index (χ1n) is 11.7. The predicted molar refractivity (Wildman–Crippen MR) is 106 cm³/mol. The van der Waals surface area contributed by atoms with E-state index < -0.39 is 5.97 Å². The third-order valence-electron chi connectivity index (χ3n) is 10.3. The van der Waals surface area contributed by atoms with Crippen LogP contribution in [0.1, 0.15) is 85.0 Å². The first-order valence-corrected chi connectivity index (χ1v) is 11.7. The highest BCUT2D eigenvalue weighted by atomic mass is 16.4. The van der Waals surface area contributed by atoms with Gasteiger partial charge in [0.25, 0.3) is 0 Å². The number of hydrogen-bond acceptors (Lipinski definition) is 4. The van der Waals surface area contributed by atoms with Crippen molar-refractivity contribution in [2.75, 3.05) is 0 Å². The van der Waals surface area contributed by atoms with Crippen molar-refractivity contribution >= 4 is 5.97 Å². The van der Waals surface area contributed by atoms with Crippen LogP contribution in [0.3, 0.4) is 0 Å². The van der Waals surface area contributed by atoms with Crippen LogP contribution in [-0.2, 0) is 4.79 Å². The molecule has 4 nitrogen and oxygen atoms in total. The Labute approximate surface area is 170 Å². The van der Waals surface area contributed by atoms with Gasteiger partial charge in [0.05, 0.1) is 12.2 Å². The third-order valence-corrected chi connectivity index (χ3v) is 10.3. The van der Waals surface area contributed by atoms with E-state index in [1.807, 2.05) is 0 Å². The molecule has 0 aliphatic heterocycles. The molecule has 4 heteroatoms. The number of hydrogen-bond donors (Lipinski definition) is 2. The normalized spacial score (nSPS) is 51.7. The second-order valence-corrected chi connectivity index (χ2v) is 11.3. The highest BCUT2D eigenvalue weighted by molar-refractivity contribution is 5.64. The molecule has 0 radical (unpaired) electrons. The summed E-state index contributed by atoms with van der Waals surface area (Å²) < 4.78 is 0. The van der Waals surface area contributed by atoms with E-state index in [4.69, 9.17) is 0 Å². The number of carboxylic acids is 1. The van der Waals surface area contributed by atoms with Gasteiger partial charge in [0.2, 0.25) is 0 Å². The van der Waals surface area contributed by atoms with Crippen LogP contribution >= 0.6 is 0 Å². The van der Waals surface area contributed by atoms with Crippen molar-refractivity contribution in [3.05, 3.63) is 0 Å². The Morgan fingerprint density at radius 3 is 2.54 bits per heavy atom. The Hall–Kier alpha value is -0.610. The van der Waals surface area contributed by atoms with Crippen molar-refractivity contribution in [1.82, 2.24) is 0 Å². The molecule has 4 rings (SSSR count). The molecule has 0 aromatic heterocycles. The van der Waals surface area contributed by atoms with Crippen LogP contribution in [0.15, 0.2) is 0 Å². The van der Waals surface area contributed by atoms with Crippen molar-refractivity contribution in [3.63, 3.8) is 0 Å². The molecule has 4 saturated carbocycles. The molecule has 0 aromatic rings. The molecule has 0 heterocycles. The zero-order valence-electron chi connectivity index (χ0n) is 17.9. The number of carbonyl (C=O) groups excluding carboxylic acids is 1. The minimum atomic E-state index is -0.957. The van der Waals surface area contributed by atoms with E-state index in [2.05, 4.69) is 20.8 Å². The Bertz CT molecular complexity index is 605. The average molecular weight is 392 g/mol. The predicted octanol–water partition coefficient (Wildman–Crippen LogP) is 3.14. The van der Waals surface area contributed by atoms with Gasteiger partial charge in [-0.1, -0.05) is 20.8 Å². The maximum atomic E-state index is 11.5. The summed E-state index contributed by atoms with van der Waals surface area (Å²) in [5, 5.41) is 32.6. The fraction of sp³-hybridized carbons (Fsp3) is 0.958. The maximum Gasteiger partial charge on any atom is 0.0602 e. The summed E-state index contributed by atoms with van der Waals surface area (Å²) >= 11 is 0. The van der Waals surface area contributed by atoms with E-state index >= 15 is 0 Å². The monoisotopic (exact) mass is 391 g/mol. The molecule has 4 fully saturated rings. The SMILES string of the molecule is CC(CCC(=O)[O-])[C@H]1CC[C@H]2[C@@H]3CC[C@@H]4C[C@H](O)CC[C@]4(C)[C@H]3C[C@H](O)[C@]12C. The van der Waals surface area contributed by atoms with Crippen LogP contribution in [0.2, 0.25) is 0 Å². The fourth-order valence-corrected chi connectivity index (χ4v) is 8.71. The van der Waals surface area contributed by atoms with Crippen LogP contribution in [-0.4, -0.2) is 28.4 Å². The Kier molecular flexibility index (Phi) is 5.36. The second kappa shape index (κ2) is 7.27. The van der Waals surface area contributed by atoms with Gasteiger partial charge in [-0.3, -0.25) is 0 Å². The van der Waals surface area contributed by atoms with E-state index in [0.29, 0.717) is 41.9 Å². The minimum Gasteiger partial charge on any atom is -0.550 e. The van der Waals surface area contributed by atoms with Gasteiger partial charge in [0.1, 0.15) is 0 Å². The highest BCUT2D eigenvalue weighted by Gasteiger charge is 2.63. The van der Waals surface area contributed by atoms with Gasteiger partial charge in [-0.2, -0.15) is 0 Å². The Morgan fingerprint density at radius 1 is 1.07 bits per heavy atom. The summed E-state index contributed by atoms with van der Waals surface area (Å²) in [6.45, 7) is 6.94. The third kappa shape index (κ3) is 3.05. The smallest absolute Gasteiger partial charge is 0.0602 e. The molecule has 2 N–H and O–H groups in total. The number of aliphatic hydroxyl groups is 2. The van der Waals surface area contributed by atoms with Crippen molar-refractivity contribution < 1.29 is 20.1 Å². The summed E-state index contributed by atoms with van der Waals surface area (Å²) in [4.78, 5) is 10.9. The van der Waals surface area contributed by atoms with Gasteiger partial charge in [-0.05, 0) is 111 Å². The van der Waals surface area contributed by atoms with Gasteiger partial charge in [-0.25, -0.2) is 0 Å². The van der Waals surface area contributed by atoms with Gasteiger partial charge in [-0.15, -0.1) is 0 Å². The molecule has 0 spiro atoms. The molecule has 1 unspecified atom stereocenters. The van der Waals surface area contributed by atoms with E-state index in [1.54, 1.807) is 0 Å². The first kappa shape index (κ1) is 20.7. The van der Waals surface area contributed by atoms with Crippen LogP contribution < -0.4 is 5.11 Å². The number of aliphatic hydroxyl groups excluding tert-OH is 2. The summed E-state index contributed by atoms with van der Waals surface area (Å²) in [7, 11) is 0. The van der Waals surface area contributed by atoms with Crippen molar-refractivity contribution in [2.45, 2.75) is 97.2 Å². The molecular formula is C24H39O4-. The largest absolute Gasteiger partial charge is 0.550 e. The number of rotatable bonds is 4. The van der Waals surface area contributed by atoms with Gasteiger partial charge in [0.15, 0.2) is 0 Å². The number of carbonyl (C=O) groups is 1. The zero-order chi connectivity index (χ0) is 20.3. The molecule has 0 bridgehead atoms. The van der Waals surface area contributed by atoms with Crippen LogP contribution in [0.4, 0.5) is 0 Å². The molecule has 0 aromatic carbocycles.